The lowest BCUT2D eigenvalue weighted by Gasteiger charge is -2.07. The normalized spacial score (nSPS) is 7.46. The van der Waals surface area contributed by atoms with Gasteiger partial charge in [0, 0.05) is 0 Å². The van der Waals surface area contributed by atoms with Crippen LogP contribution in [-0.2, 0) is 0 Å². The third kappa shape index (κ3) is 11.5. The Bertz CT molecular complexity index is 123. The maximum absolute atomic E-state index is 3.75. The average molecular weight is 184 g/mol. The van der Waals surface area contributed by atoms with E-state index < -0.39 is 0 Å². The highest BCUT2D eigenvalue weighted by Crippen LogP contribution is 2.14. The second-order valence-corrected chi connectivity index (χ2v) is 2.81. The van der Waals surface area contributed by atoms with Crippen LogP contribution in [0.25, 0.3) is 0 Å². The van der Waals surface area contributed by atoms with Crippen LogP contribution in [-0.4, -0.2) is 0 Å². The Hall–Kier alpha value is -0.520. The molecule has 0 atom stereocenters. The molecule has 0 aliphatic rings. The molecule has 0 N–H and O–H groups in total. The SMILES string of the molecule is C=CC(=C(C)C)C(C)C.CC.CC. The third-order valence-corrected chi connectivity index (χ3v) is 1.42. The Kier molecular flexibility index (Phi) is 19.8. The first kappa shape index (κ1) is 18.3. The van der Waals surface area contributed by atoms with Crippen LogP contribution in [0.1, 0.15) is 55.4 Å². The molecule has 0 radical (unpaired) electrons. The largest absolute Gasteiger partial charge is 0.0988 e. The Balaban J connectivity index is -0.000000218. The van der Waals surface area contributed by atoms with Crippen molar-refractivity contribution in [3.8, 4) is 0 Å². The van der Waals surface area contributed by atoms with E-state index >= 15 is 0 Å². The van der Waals surface area contributed by atoms with E-state index in [0.29, 0.717) is 5.92 Å². The predicted octanol–water partition coefficient (Wildman–Crippen LogP) is 5.22. The van der Waals surface area contributed by atoms with E-state index in [9.17, 15) is 0 Å². The van der Waals surface area contributed by atoms with Crippen molar-refractivity contribution in [3.05, 3.63) is 23.8 Å². The van der Waals surface area contributed by atoms with Gasteiger partial charge in [-0.2, -0.15) is 0 Å². The van der Waals surface area contributed by atoms with Gasteiger partial charge in [0.05, 0.1) is 0 Å². The minimum Gasteiger partial charge on any atom is -0.0988 e. The minimum atomic E-state index is 0.618. The van der Waals surface area contributed by atoms with Gasteiger partial charge in [0.25, 0.3) is 0 Å². The number of hydrogen-bond acceptors (Lipinski definition) is 0. The molecule has 0 spiro atoms. The molecule has 13 heavy (non-hydrogen) atoms. The van der Waals surface area contributed by atoms with Crippen molar-refractivity contribution >= 4 is 0 Å². The molecule has 0 heterocycles. The van der Waals surface area contributed by atoms with Crippen molar-refractivity contribution in [1.82, 2.24) is 0 Å². The Labute approximate surface area is 85.8 Å². The molecule has 0 unspecified atom stereocenters. The molecule has 0 aromatic carbocycles. The van der Waals surface area contributed by atoms with Gasteiger partial charge in [-0.25, -0.2) is 0 Å². The fraction of sp³-hybridized carbons (Fsp3) is 0.692. The summed E-state index contributed by atoms with van der Waals surface area (Å²) < 4.78 is 0. The zero-order chi connectivity index (χ0) is 11.4. The van der Waals surface area contributed by atoms with Crippen molar-refractivity contribution < 1.29 is 0 Å². The van der Waals surface area contributed by atoms with Crippen LogP contribution in [0, 0.1) is 5.92 Å². The monoisotopic (exact) mass is 184 g/mol. The van der Waals surface area contributed by atoms with Crippen LogP contribution in [0.2, 0.25) is 0 Å². The van der Waals surface area contributed by atoms with E-state index in [2.05, 4.69) is 34.3 Å². The van der Waals surface area contributed by atoms with E-state index in [1.54, 1.807) is 0 Å². The molecule has 0 aliphatic heterocycles. The van der Waals surface area contributed by atoms with E-state index in [-0.39, 0.29) is 0 Å². The molecule has 0 amide bonds. The van der Waals surface area contributed by atoms with Gasteiger partial charge in [-0.15, -0.1) is 0 Å². The van der Waals surface area contributed by atoms with Crippen LogP contribution in [0.15, 0.2) is 23.8 Å². The van der Waals surface area contributed by atoms with E-state index in [4.69, 9.17) is 0 Å². The summed E-state index contributed by atoms with van der Waals surface area (Å²) in [5.74, 6) is 0.618. The smallest absolute Gasteiger partial charge is 0.0220 e. The lowest BCUT2D eigenvalue weighted by Crippen LogP contribution is -1.91. The predicted molar refractivity (Wildman–Crippen MR) is 66.1 cm³/mol. The highest BCUT2D eigenvalue weighted by Gasteiger charge is 1.98. The van der Waals surface area contributed by atoms with Crippen molar-refractivity contribution in [1.29, 1.82) is 0 Å². The highest BCUT2D eigenvalue weighted by molar-refractivity contribution is 5.22. The van der Waals surface area contributed by atoms with Crippen LogP contribution in [0.5, 0.6) is 0 Å². The van der Waals surface area contributed by atoms with Crippen LogP contribution >= 0.6 is 0 Å². The van der Waals surface area contributed by atoms with E-state index in [1.165, 1.54) is 11.1 Å². The molecule has 0 fully saturated rings. The molecule has 0 aromatic heterocycles. The zero-order valence-electron chi connectivity index (χ0n) is 10.9. The second-order valence-electron chi connectivity index (χ2n) is 2.81. The van der Waals surface area contributed by atoms with Crippen LogP contribution in [0.4, 0.5) is 0 Å². The van der Waals surface area contributed by atoms with Gasteiger partial charge >= 0.3 is 0 Å². The molecule has 80 valence electrons. The summed E-state index contributed by atoms with van der Waals surface area (Å²) in [5.41, 5.74) is 2.75. The van der Waals surface area contributed by atoms with Gasteiger partial charge in [-0.05, 0) is 25.3 Å². The van der Waals surface area contributed by atoms with Crippen molar-refractivity contribution in [2.45, 2.75) is 55.4 Å². The first-order valence-electron chi connectivity index (χ1n) is 5.39. The second kappa shape index (κ2) is 14.0. The number of rotatable bonds is 2. The molecular formula is C13H28. The quantitative estimate of drug-likeness (QED) is 0.516. The van der Waals surface area contributed by atoms with E-state index in [0.717, 1.165) is 0 Å². The third-order valence-electron chi connectivity index (χ3n) is 1.42. The summed E-state index contributed by atoms with van der Waals surface area (Å²) in [6, 6.07) is 0. The zero-order valence-corrected chi connectivity index (χ0v) is 10.9. The standard InChI is InChI=1S/C9H16.2C2H6/c1-6-9(7(2)3)8(4)5;2*1-2/h6-7H,1H2,2-5H3;2*1-2H3. The fourth-order valence-electron chi connectivity index (χ4n) is 1.02. The summed E-state index contributed by atoms with van der Waals surface area (Å²) >= 11 is 0. The Morgan fingerprint density at radius 2 is 1.31 bits per heavy atom. The molecule has 0 nitrogen and oxygen atoms in total. The van der Waals surface area contributed by atoms with Gasteiger partial charge in [-0.1, -0.05) is 59.8 Å². The van der Waals surface area contributed by atoms with Gasteiger partial charge in [0.15, 0.2) is 0 Å². The molecule has 0 saturated heterocycles. The molecule has 0 aliphatic carbocycles. The molecule has 0 saturated carbocycles. The Morgan fingerprint density at radius 3 is 1.31 bits per heavy atom. The maximum atomic E-state index is 3.75. The molecular weight excluding hydrogens is 156 g/mol. The summed E-state index contributed by atoms with van der Waals surface area (Å²) in [6.45, 7) is 20.4. The first-order valence-corrected chi connectivity index (χ1v) is 5.39. The topological polar surface area (TPSA) is 0 Å². The summed E-state index contributed by atoms with van der Waals surface area (Å²) in [7, 11) is 0. The van der Waals surface area contributed by atoms with Crippen molar-refractivity contribution in [2.24, 2.45) is 5.92 Å². The molecule has 0 heteroatoms. The summed E-state index contributed by atoms with van der Waals surface area (Å²) in [6.07, 6.45) is 1.94. The molecule has 0 rings (SSSR count). The van der Waals surface area contributed by atoms with Crippen molar-refractivity contribution in [3.63, 3.8) is 0 Å². The van der Waals surface area contributed by atoms with Gasteiger partial charge in [-0.3, -0.25) is 0 Å². The number of hydrogen-bond donors (Lipinski definition) is 0. The summed E-state index contributed by atoms with van der Waals surface area (Å²) in [5, 5.41) is 0. The molecule has 0 aromatic rings. The fourth-order valence-corrected chi connectivity index (χ4v) is 1.02. The van der Waals surface area contributed by atoms with Gasteiger partial charge in [0.1, 0.15) is 0 Å². The molecule has 0 bridgehead atoms. The minimum absolute atomic E-state index is 0.618. The summed E-state index contributed by atoms with van der Waals surface area (Å²) in [4.78, 5) is 0. The van der Waals surface area contributed by atoms with Crippen LogP contribution in [0.3, 0.4) is 0 Å². The van der Waals surface area contributed by atoms with Gasteiger partial charge in [0.2, 0.25) is 0 Å². The maximum Gasteiger partial charge on any atom is -0.0220 e. The number of allylic oxidation sites excluding steroid dienone is 3. The average Bonchev–Trinajstić information content (AvgIpc) is 2.11. The van der Waals surface area contributed by atoms with Gasteiger partial charge < -0.3 is 0 Å². The first-order chi connectivity index (χ1) is 6.09. The Morgan fingerprint density at radius 1 is 1.00 bits per heavy atom. The highest BCUT2D eigenvalue weighted by atomic mass is 14.0. The lowest BCUT2D eigenvalue weighted by atomic mass is 9.99. The van der Waals surface area contributed by atoms with E-state index in [1.807, 2.05) is 33.8 Å². The van der Waals surface area contributed by atoms with Crippen LogP contribution < -0.4 is 0 Å². The lowest BCUT2D eigenvalue weighted by molar-refractivity contribution is 0.780. The van der Waals surface area contributed by atoms with Crippen molar-refractivity contribution in [2.75, 3.05) is 0 Å².